The van der Waals surface area contributed by atoms with Gasteiger partial charge in [-0.1, -0.05) is 12.1 Å². The number of hydrogen-bond acceptors (Lipinski definition) is 5. The number of nitriles is 2. The van der Waals surface area contributed by atoms with Crippen molar-refractivity contribution in [3.63, 3.8) is 0 Å². The lowest BCUT2D eigenvalue weighted by Gasteiger charge is -2.13. The van der Waals surface area contributed by atoms with E-state index in [0.717, 1.165) is 24.2 Å². The quantitative estimate of drug-likeness (QED) is 0.832. The molecule has 0 unspecified atom stereocenters. The van der Waals surface area contributed by atoms with E-state index in [4.69, 9.17) is 15.3 Å². The van der Waals surface area contributed by atoms with E-state index in [2.05, 4.69) is 15.3 Å². The summed E-state index contributed by atoms with van der Waals surface area (Å²) in [5, 5.41) is 20.3. The summed E-state index contributed by atoms with van der Waals surface area (Å²) in [6, 6.07) is 11.4. The first-order valence-electron chi connectivity index (χ1n) is 8.63. The van der Waals surface area contributed by atoms with Gasteiger partial charge in [-0.25, -0.2) is 4.98 Å². The van der Waals surface area contributed by atoms with Gasteiger partial charge in [0.05, 0.1) is 6.10 Å². The molecule has 0 spiro atoms. The van der Waals surface area contributed by atoms with E-state index in [1.165, 1.54) is 12.8 Å². The minimum absolute atomic E-state index is 0.0282. The predicted molar refractivity (Wildman–Crippen MR) is 94.3 cm³/mol. The molecule has 0 bridgehead atoms. The van der Waals surface area contributed by atoms with Crippen molar-refractivity contribution in [1.82, 2.24) is 9.97 Å². The molecule has 1 fully saturated rings. The fourth-order valence-electron chi connectivity index (χ4n) is 3.02. The number of H-pyrrole nitrogens is 1. The first-order chi connectivity index (χ1) is 12.7. The number of aryl methyl sites for hydroxylation is 1. The van der Waals surface area contributed by atoms with Crippen molar-refractivity contribution in [2.75, 3.05) is 5.32 Å². The van der Waals surface area contributed by atoms with E-state index < -0.39 is 0 Å². The minimum atomic E-state index is -0.241. The summed E-state index contributed by atoms with van der Waals surface area (Å²) in [6.07, 6.45) is 5.77. The normalized spacial score (nSPS) is 13.8. The molecule has 1 aromatic carbocycles. The molecule has 0 radical (unpaired) electrons. The second-order valence-electron chi connectivity index (χ2n) is 6.25. The van der Waals surface area contributed by atoms with Crippen LogP contribution in [-0.4, -0.2) is 22.0 Å². The molecule has 1 amide bonds. The molecule has 7 nitrogen and oxygen atoms in total. The van der Waals surface area contributed by atoms with Crippen LogP contribution in [0, 0.1) is 22.7 Å². The highest BCUT2D eigenvalue weighted by atomic mass is 16.5. The number of benzene rings is 1. The van der Waals surface area contributed by atoms with Crippen LogP contribution in [0.5, 0.6) is 5.75 Å². The molecule has 26 heavy (non-hydrogen) atoms. The Bertz CT molecular complexity index is 837. The molecule has 7 heteroatoms. The lowest BCUT2D eigenvalue weighted by atomic mass is 10.1. The van der Waals surface area contributed by atoms with Crippen LogP contribution in [0.1, 0.15) is 49.1 Å². The van der Waals surface area contributed by atoms with Crippen LogP contribution in [0.4, 0.5) is 5.95 Å². The van der Waals surface area contributed by atoms with Gasteiger partial charge in [0.25, 0.3) is 0 Å². The van der Waals surface area contributed by atoms with Crippen molar-refractivity contribution in [2.45, 2.75) is 44.6 Å². The number of carbonyl (C=O) groups excluding carboxylic acids is 1. The second kappa shape index (κ2) is 8.17. The Morgan fingerprint density at radius 1 is 1.31 bits per heavy atom. The van der Waals surface area contributed by atoms with Gasteiger partial charge in [0.2, 0.25) is 11.9 Å². The number of aromatic nitrogens is 2. The minimum Gasteiger partial charge on any atom is -0.490 e. The number of ether oxygens (including phenoxy) is 1. The number of nitrogens with one attached hydrogen (secondary N) is 2. The first kappa shape index (κ1) is 17.5. The third-order valence-corrected chi connectivity index (χ3v) is 4.32. The summed E-state index contributed by atoms with van der Waals surface area (Å²) < 4.78 is 5.98. The Balaban J connectivity index is 1.53. The van der Waals surface area contributed by atoms with E-state index in [1.54, 1.807) is 6.07 Å². The van der Waals surface area contributed by atoms with Crippen LogP contribution in [0.2, 0.25) is 0 Å². The van der Waals surface area contributed by atoms with Gasteiger partial charge in [0.1, 0.15) is 17.9 Å². The van der Waals surface area contributed by atoms with Gasteiger partial charge in [-0.05, 0) is 49.8 Å². The maximum Gasteiger partial charge on any atom is 0.227 e. The van der Waals surface area contributed by atoms with E-state index >= 15 is 0 Å². The Kier molecular flexibility index (Phi) is 5.50. The number of aromatic amines is 1. The molecule has 1 aliphatic rings. The van der Waals surface area contributed by atoms with Gasteiger partial charge >= 0.3 is 0 Å². The highest BCUT2D eigenvalue weighted by Gasteiger charge is 2.16. The lowest BCUT2D eigenvalue weighted by molar-refractivity contribution is -0.116. The number of imidazole rings is 1. The predicted octanol–water partition coefficient (Wildman–Crippen LogP) is 3.05. The molecular weight excluding hydrogens is 330 g/mol. The Morgan fingerprint density at radius 3 is 2.81 bits per heavy atom. The number of amides is 1. The third kappa shape index (κ3) is 4.40. The van der Waals surface area contributed by atoms with E-state index in [0.29, 0.717) is 12.5 Å². The third-order valence-electron chi connectivity index (χ3n) is 4.32. The average Bonchev–Trinajstić information content (AvgIpc) is 3.29. The molecule has 132 valence electrons. The number of nitrogens with zero attached hydrogens (tertiary/aromatic N) is 3. The zero-order valence-corrected chi connectivity index (χ0v) is 14.3. The molecule has 2 N–H and O–H groups in total. The van der Waals surface area contributed by atoms with Crippen molar-refractivity contribution in [2.24, 2.45) is 0 Å². The van der Waals surface area contributed by atoms with Crippen LogP contribution < -0.4 is 10.1 Å². The zero-order valence-electron chi connectivity index (χ0n) is 14.3. The summed E-state index contributed by atoms with van der Waals surface area (Å²) >= 11 is 0. The SMILES string of the molecule is N#Cc1nc(NC(=O)CCc2cccc(OC3CCCC3)c2)[nH]c1C#N. The molecule has 2 aromatic rings. The summed E-state index contributed by atoms with van der Waals surface area (Å²) in [4.78, 5) is 18.6. The van der Waals surface area contributed by atoms with Gasteiger partial charge in [-0.3, -0.25) is 10.1 Å². The Hall–Kier alpha value is -3.32. The molecular formula is C19H19N5O2. The number of anilines is 1. The summed E-state index contributed by atoms with van der Waals surface area (Å²) in [5.41, 5.74) is 1.03. The average molecular weight is 349 g/mol. The van der Waals surface area contributed by atoms with Gasteiger partial charge < -0.3 is 9.72 Å². The molecule has 0 saturated heterocycles. The number of rotatable bonds is 6. The maximum absolute atomic E-state index is 12.1. The molecule has 0 aliphatic heterocycles. The molecule has 3 rings (SSSR count). The van der Waals surface area contributed by atoms with Crippen LogP contribution in [0.15, 0.2) is 24.3 Å². The molecule has 1 heterocycles. The number of carbonyl (C=O) groups is 1. The maximum atomic E-state index is 12.1. The van der Waals surface area contributed by atoms with E-state index in [1.807, 2.05) is 30.3 Å². The fraction of sp³-hybridized carbons (Fsp3) is 0.368. The van der Waals surface area contributed by atoms with Gasteiger partial charge in [-0.15, -0.1) is 0 Å². The molecule has 1 saturated carbocycles. The number of hydrogen-bond donors (Lipinski definition) is 2. The summed E-state index contributed by atoms with van der Waals surface area (Å²) in [7, 11) is 0. The van der Waals surface area contributed by atoms with E-state index in [9.17, 15) is 4.79 Å². The van der Waals surface area contributed by atoms with Crippen molar-refractivity contribution >= 4 is 11.9 Å². The first-order valence-corrected chi connectivity index (χ1v) is 8.63. The molecule has 0 atom stereocenters. The monoisotopic (exact) mass is 349 g/mol. The van der Waals surface area contributed by atoms with Gasteiger partial charge in [0, 0.05) is 6.42 Å². The highest BCUT2D eigenvalue weighted by Crippen LogP contribution is 2.24. The second-order valence-corrected chi connectivity index (χ2v) is 6.25. The van der Waals surface area contributed by atoms with E-state index in [-0.39, 0.29) is 29.7 Å². The Labute approximate surface area is 151 Å². The van der Waals surface area contributed by atoms with Crippen molar-refractivity contribution in [1.29, 1.82) is 10.5 Å². The van der Waals surface area contributed by atoms with Gasteiger partial charge in [0.15, 0.2) is 11.4 Å². The molecule has 1 aliphatic carbocycles. The highest BCUT2D eigenvalue weighted by molar-refractivity contribution is 5.89. The summed E-state index contributed by atoms with van der Waals surface area (Å²) in [6.45, 7) is 0. The largest absolute Gasteiger partial charge is 0.490 e. The standard InChI is InChI=1S/C19H19N5O2/c20-11-16-17(12-21)23-19(22-16)24-18(25)9-8-13-4-3-7-15(10-13)26-14-5-1-2-6-14/h3-4,7,10,14H,1-2,5-6,8-9H2,(H2,22,23,24,25). The topological polar surface area (TPSA) is 115 Å². The zero-order chi connectivity index (χ0) is 18.4. The smallest absolute Gasteiger partial charge is 0.227 e. The lowest BCUT2D eigenvalue weighted by Crippen LogP contribution is -2.13. The van der Waals surface area contributed by atoms with Crippen molar-refractivity contribution < 1.29 is 9.53 Å². The molecule has 1 aromatic heterocycles. The van der Waals surface area contributed by atoms with Crippen LogP contribution >= 0.6 is 0 Å². The Morgan fingerprint density at radius 2 is 2.12 bits per heavy atom. The summed E-state index contributed by atoms with van der Waals surface area (Å²) in [5.74, 6) is 0.717. The fourth-order valence-corrected chi connectivity index (χ4v) is 3.02. The van der Waals surface area contributed by atoms with Crippen molar-refractivity contribution in [3.8, 4) is 17.9 Å². The van der Waals surface area contributed by atoms with Crippen LogP contribution in [-0.2, 0) is 11.2 Å². The van der Waals surface area contributed by atoms with Crippen molar-refractivity contribution in [3.05, 3.63) is 41.2 Å². The van der Waals surface area contributed by atoms with Crippen LogP contribution in [0.3, 0.4) is 0 Å². The van der Waals surface area contributed by atoms with Crippen LogP contribution in [0.25, 0.3) is 0 Å². The van der Waals surface area contributed by atoms with Gasteiger partial charge in [-0.2, -0.15) is 10.5 Å².